The van der Waals surface area contributed by atoms with Crippen LogP contribution in [0.5, 0.6) is 0 Å². The Balaban J connectivity index is 2.01. The number of aromatic nitrogens is 2. The number of rotatable bonds is 3. The van der Waals surface area contributed by atoms with E-state index in [0.29, 0.717) is 0 Å². The van der Waals surface area contributed by atoms with Crippen LogP contribution in [-0.2, 0) is 0 Å². The second kappa shape index (κ2) is 5.93. The Morgan fingerprint density at radius 2 is 1.48 bits per heavy atom. The van der Waals surface area contributed by atoms with Crippen LogP contribution in [-0.4, -0.2) is 9.97 Å². The smallest absolute Gasteiger partial charge is 0.0708 e. The molecule has 0 aliphatic rings. The lowest BCUT2D eigenvalue weighted by Gasteiger charge is -2.14. The molecule has 0 saturated carbocycles. The Hall–Kier alpha value is -3.13. The van der Waals surface area contributed by atoms with Crippen molar-refractivity contribution >= 4 is 0 Å². The summed E-state index contributed by atoms with van der Waals surface area (Å²) in [5, 5.41) is 0. The van der Waals surface area contributed by atoms with Crippen molar-refractivity contribution in [3.8, 4) is 33.6 Å². The van der Waals surface area contributed by atoms with E-state index in [-0.39, 0.29) is 0 Å². The quantitative estimate of drug-likeness (QED) is 0.538. The molecule has 2 heterocycles. The molecule has 2 heteroatoms. The first-order valence-electron chi connectivity index (χ1n) is 7.67. The topological polar surface area (TPSA) is 28.7 Å². The van der Waals surface area contributed by atoms with E-state index < -0.39 is 0 Å². The van der Waals surface area contributed by atoms with E-state index in [0.717, 1.165) is 17.0 Å². The van der Waals surface area contributed by atoms with Gasteiger partial charge >= 0.3 is 0 Å². The van der Waals surface area contributed by atoms with Crippen molar-refractivity contribution in [2.45, 2.75) is 0 Å². The molecule has 4 rings (SSSR count). The third-order valence-electron chi connectivity index (χ3n) is 3.96. The van der Waals surface area contributed by atoms with Crippen LogP contribution in [0.2, 0.25) is 0 Å². The fourth-order valence-electron chi connectivity index (χ4n) is 2.92. The Bertz CT molecular complexity index is 838. The van der Waals surface area contributed by atoms with Crippen LogP contribution in [0.3, 0.4) is 0 Å². The fourth-order valence-corrected chi connectivity index (χ4v) is 2.92. The van der Waals surface area contributed by atoms with Gasteiger partial charge in [-0.25, -0.2) is 0 Å². The SMILES string of the molecule is c1ccc(-c2cccc(-c3ccccn3)c2-c2ccc[nH]2)cc1. The van der Waals surface area contributed by atoms with Gasteiger partial charge in [0.1, 0.15) is 0 Å². The molecule has 110 valence electrons. The first kappa shape index (κ1) is 13.5. The average molecular weight is 296 g/mol. The lowest BCUT2D eigenvalue weighted by Crippen LogP contribution is -1.91. The summed E-state index contributed by atoms with van der Waals surface area (Å²) >= 11 is 0. The zero-order valence-corrected chi connectivity index (χ0v) is 12.6. The molecule has 0 atom stereocenters. The van der Waals surface area contributed by atoms with Gasteiger partial charge in [-0.3, -0.25) is 4.98 Å². The molecule has 23 heavy (non-hydrogen) atoms. The molecule has 2 nitrogen and oxygen atoms in total. The van der Waals surface area contributed by atoms with Gasteiger partial charge in [0.2, 0.25) is 0 Å². The molecule has 0 amide bonds. The van der Waals surface area contributed by atoms with Crippen LogP contribution in [0.1, 0.15) is 0 Å². The molecule has 0 spiro atoms. The molecule has 0 unspecified atom stereocenters. The predicted octanol–water partition coefficient (Wildman–Crippen LogP) is 5.41. The lowest BCUT2D eigenvalue weighted by molar-refractivity contribution is 1.32. The predicted molar refractivity (Wildman–Crippen MR) is 94.9 cm³/mol. The van der Waals surface area contributed by atoms with Crippen molar-refractivity contribution in [3.63, 3.8) is 0 Å². The van der Waals surface area contributed by atoms with E-state index in [4.69, 9.17) is 0 Å². The lowest BCUT2D eigenvalue weighted by atomic mass is 9.92. The van der Waals surface area contributed by atoms with Gasteiger partial charge in [-0.1, -0.05) is 54.6 Å². The molecule has 2 aromatic carbocycles. The number of benzene rings is 2. The van der Waals surface area contributed by atoms with Gasteiger partial charge in [0.15, 0.2) is 0 Å². The van der Waals surface area contributed by atoms with E-state index in [1.165, 1.54) is 16.7 Å². The molecule has 2 aromatic heterocycles. The molecule has 0 radical (unpaired) electrons. The molecule has 1 N–H and O–H groups in total. The van der Waals surface area contributed by atoms with Gasteiger partial charge in [0.05, 0.1) is 5.69 Å². The molecular formula is C21H16N2. The molecule has 0 aliphatic carbocycles. The van der Waals surface area contributed by atoms with Crippen LogP contribution in [0.15, 0.2) is 91.3 Å². The fraction of sp³-hybridized carbons (Fsp3) is 0. The minimum atomic E-state index is 0.981. The number of aromatic amines is 1. The highest BCUT2D eigenvalue weighted by atomic mass is 14.7. The second-order valence-corrected chi connectivity index (χ2v) is 5.39. The van der Waals surface area contributed by atoms with E-state index >= 15 is 0 Å². The van der Waals surface area contributed by atoms with Crippen LogP contribution in [0.25, 0.3) is 33.6 Å². The molecule has 0 aliphatic heterocycles. The third kappa shape index (κ3) is 2.55. The molecule has 0 bridgehead atoms. The van der Waals surface area contributed by atoms with Crippen molar-refractivity contribution in [1.82, 2.24) is 9.97 Å². The van der Waals surface area contributed by atoms with Crippen LogP contribution in [0, 0.1) is 0 Å². The normalized spacial score (nSPS) is 10.6. The largest absolute Gasteiger partial charge is 0.361 e. The van der Waals surface area contributed by atoms with Gasteiger partial charge in [0.25, 0.3) is 0 Å². The monoisotopic (exact) mass is 296 g/mol. The highest BCUT2D eigenvalue weighted by molar-refractivity contribution is 5.92. The van der Waals surface area contributed by atoms with Crippen molar-refractivity contribution in [2.24, 2.45) is 0 Å². The minimum Gasteiger partial charge on any atom is -0.361 e. The van der Waals surface area contributed by atoms with Crippen molar-refractivity contribution in [2.75, 3.05) is 0 Å². The van der Waals surface area contributed by atoms with Crippen LogP contribution >= 0.6 is 0 Å². The van der Waals surface area contributed by atoms with E-state index in [1.54, 1.807) is 0 Å². The summed E-state index contributed by atoms with van der Waals surface area (Å²) in [5.74, 6) is 0. The van der Waals surface area contributed by atoms with Gasteiger partial charge < -0.3 is 4.98 Å². The van der Waals surface area contributed by atoms with Crippen molar-refractivity contribution in [1.29, 1.82) is 0 Å². The highest BCUT2D eigenvalue weighted by Gasteiger charge is 2.14. The summed E-state index contributed by atoms with van der Waals surface area (Å²) in [4.78, 5) is 7.89. The summed E-state index contributed by atoms with van der Waals surface area (Å²) in [6, 6.07) is 27.0. The number of nitrogens with zero attached hydrogens (tertiary/aromatic N) is 1. The molecular weight excluding hydrogens is 280 g/mol. The molecule has 0 fully saturated rings. The van der Waals surface area contributed by atoms with E-state index in [1.807, 2.05) is 36.7 Å². The number of H-pyrrole nitrogens is 1. The first-order chi connectivity index (χ1) is 11.4. The van der Waals surface area contributed by atoms with E-state index in [2.05, 4.69) is 64.6 Å². The summed E-state index contributed by atoms with van der Waals surface area (Å²) in [7, 11) is 0. The van der Waals surface area contributed by atoms with Gasteiger partial charge in [-0.05, 0) is 35.4 Å². The number of pyridine rings is 1. The van der Waals surface area contributed by atoms with Gasteiger partial charge in [0, 0.05) is 29.2 Å². The molecule has 0 saturated heterocycles. The average Bonchev–Trinajstić information content (AvgIpc) is 3.17. The Kier molecular flexibility index (Phi) is 3.49. The van der Waals surface area contributed by atoms with Crippen molar-refractivity contribution in [3.05, 3.63) is 91.3 Å². The third-order valence-corrected chi connectivity index (χ3v) is 3.96. The summed E-state index contributed by atoms with van der Waals surface area (Å²) in [6.45, 7) is 0. The number of nitrogens with one attached hydrogen (secondary N) is 1. The van der Waals surface area contributed by atoms with Crippen LogP contribution < -0.4 is 0 Å². The highest BCUT2D eigenvalue weighted by Crippen LogP contribution is 2.38. The van der Waals surface area contributed by atoms with Gasteiger partial charge in [-0.15, -0.1) is 0 Å². The number of hydrogen-bond acceptors (Lipinski definition) is 1. The number of hydrogen-bond donors (Lipinski definition) is 1. The van der Waals surface area contributed by atoms with Gasteiger partial charge in [-0.2, -0.15) is 0 Å². The summed E-state index contributed by atoms with van der Waals surface area (Å²) in [6.07, 6.45) is 3.79. The molecule has 4 aromatic rings. The van der Waals surface area contributed by atoms with E-state index in [9.17, 15) is 0 Å². The Labute approximate surface area is 135 Å². The summed E-state index contributed by atoms with van der Waals surface area (Å²) in [5.41, 5.74) is 6.81. The standard InChI is InChI=1S/C21H16N2/c1-2-8-16(9-3-1)17-10-6-11-18(19-12-4-5-14-22-19)21(17)20-13-7-15-23-20/h1-15,23H. The Morgan fingerprint density at radius 1 is 0.652 bits per heavy atom. The first-order valence-corrected chi connectivity index (χ1v) is 7.67. The maximum Gasteiger partial charge on any atom is 0.0708 e. The Morgan fingerprint density at radius 3 is 2.22 bits per heavy atom. The van der Waals surface area contributed by atoms with Crippen molar-refractivity contribution < 1.29 is 0 Å². The zero-order valence-electron chi connectivity index (χ0n) is 12.6. The minimum absolute atomic E-state index is 0.981. The maximum absolute atomic E-state index is 4.54. The maximum atomic E-state index is 4.54. The van der Waals surface area contributed by atoms with Crippen LogP contribution in [0.4, 0.5) is 0 Å². The zero-order chi connectivity index (χ0) is 15.5. The summed E-state index contributed by atoms with van der Waals surface area (Å²) < 4.78 is 0. The second-order valence-electron chi connectivity index (χ2n) is 5.39.